The summed E-state index contributed by atoms with van der Waals surface area (Å²) in [5.41, 5.74) is 3.98. The molecule has 0 amide bonds. The molecule has 4 rings (SSSR count). The summed E-state index contributed by atoms with van der Waals surface area (Å²) in [6.45, 7) is 7.14. The predicted octanol–water partition coefficient (Wildman–Crippen LogP) is 4.70. The van der Waals surface area contributed by atoms with E-state index in [0.717, 1.165) is 11.3 Å². The Bertz CT molecular complexity index is 1180. The molecular formula is C28H28N2OSi. The maximum Gasteiger partial charge on any atom is 0.240 e. The molecule has 0 aliphatic rings. The van der Waals surface area contributed by atoms with Crippen LogP contribution in [0.4, 0.5) is 0 Å². The van der Waals surface area contributed by atoms with Crippen molar-refractivity contribution < 1.29 is 4.43 Å². The Morgan fingerprint density at radius 1 is 0.844 bits per heavy atom. The number of nitrogens with zero attached hydrogens (tertiary/aromatic N) is 2. The fraction of sp³-hybridized carbons (Fsp3) is 0.179. The quantitative estimate of drug-likeness (QED) is 0.411. The van der Waals surface area contributed by atoms with Gasteiger partial charge in [-0.25, -0.2) is 0 Å². The van der Waals surface area contributed by atoms with Gasteiger partial charge in [0.25, 0.3) is 0 Å². The van der Waals surface area contributed by atoms with Crippen LogP contribution in [0, 0.1) is 11.3 Å². The summed E-state index contributed by atoms with van der Waals surface area (Å²) in [7, 11) is -1.87. The third kappa shape index (κ3) is 4.75. The Labute approximate surface area is 192 Å². The van der Waals surface area contributed by atoms with Gasteiger partial charge in [0.2, 0.25) is 9.04 Å². The van der Waals surface area contributed by atoms with E-state index in [0.29, 0.717) is 12.3 Å². The van der Waals surface area contributed by atoms with Gasteiger partial charge in [-0.1, -0.05) is 93.6 Å². The number of nitriles is 1. The molecule has 0 bridgehead atoms. The Morgan fingerprint density at radius 2 is 1.47 bits per heavy atom. The van der Waals surface area contributed by atoms with Gasteiger partial charge in [-0.2, -0.15) is 5.26 Å². The standard InChI is InChI=1S/C28H28N2OSi/c1-28(2,3)23-16-17-27(30-18-10-11-24(30)20-29)22(19-23)21-31-32(25-12-6-4-7-13-25)26-14-8-5-9-15-26/h4-19,32H,21H2,1-3H3. The summed E-state index contributed by atoms with van der Waals surface area (Å²) in [6.07, 6.45) is 1.94. The molecule has 0 fully saturated rings. The zero-order valence-electron chi connectivity index (χ0n) is 18.8. The first-order valence-electron chi connectivity index (χ1n) is 10.9. The number of hydrogen-bond donors (Lipinski definition) is 0. The second-order valence-electron chi connectivity index (χ2n) is 8.98. The zero-order chi connectivity index (χ0) is 22.6. The van der Waals surface area contributed by atoms with Gasteiger partial charge in [0.1, 0.15) is 11.8 Å². The van der Waals surface area contributed by atoms with E-state index in [9.17, 15) is 5.26 Å². The molecule has 4 heteroatoms. The van der Waals surface area contributed by atoms with Crippen LogP contribution >= 0.6 is 0 Å². The van der Waals surface area contributed by atoms with Gasteiger partial charge < -0.3 is 8.99 Å². The van der Waals surface area contributed by atoms with Crippen molar-refractivity contribution in [2.75, 3.05) is 0 Å². The van der Waals surface area contributed by atoms with Crippen LogP contribution in [0.25, 0.3) is 5.69 Å². The summed E-state index contributed by atoms with van der Waals surface area (Å²) in [5.74, 6) is 0. The van der Waals surface area contributed by atoms with E-state index >= 15 is 0 Å². The Balaban J connectivity index is 1.74. The van der Waals surface area contributed by atoms with Crippen LogP contribution in [0.2, 0.25) is 0 Å². The van der Waals surface area contributed by atoms with Crippen molar-refractivity contribution in [3.05, 3.63) is 114 Å². The second kappa shape index (κ2) is 9.40. The maximum atomic E-state index is 9.56. The second-order valence-corrected chi connectivity index (χ2v) is 11.4. The molecule has 3 nitrogen and oxygen atoms in total. The zero-order valence-corrected chi connectivity index (χ0v) is 20.0. The van der Waals surface area contributed by atoms with Crippen LogP contribution in [0.15, 0.2) is 97.2 Å². The largest absolute Gasteiger partial charge is 0.407 e. The number of benzene rings is 3. The molecule has 1 heterocycles. The number of hydrogen-bond acceptors (Lipinski definition) is 2. The van der Waals surface area contributed by atoms with Crippen molar-refractivity contribution in [1.82, 2.24) is 4.57 Å². The normalized spacial score (nSPS) is 11.5. The van der Waals surface area contributed by atoms with E-state index in [1.54, 1.807) is 0 Å². The SMILES string of the molecule is CC(C)(C)c1ccc(-n2cccc2C#N)c(CO[SiH](c2ccccc2)c2ccccc2)c1. The molecule has 4 aromatic rings. The first-order valence-corrected chi connectivity index (χ1v) is 12.5. The van der Waals surface area contributed by atoms with Crippen molar-refractivity contribution in [1.29, 1.82) is 5.26 Å². The van der Waals surface area contributed by atoms with E-state index in [4.69, 9.17) is 4.43 Å². The molecule has 0 radical (unpaired) electrons. The monoisotopic (exact) mass is 436 g/mol. The third-order valence-electron chi connectivity index (χ3n) is 5.68. The topological polar surface area (TPSA) is 38.0 Å². The van der Waals surface area contributed by atoms with E-state index < -0.39 is 9.04 Å². The van der Waals surface area contributed by atoms with Gasteiger partial charge >= 0.3 is 0 Å². The predicted molar refractivity (Wildman–Crippen MR) is 133 cm³/mol. The van der Waals surface area contributed by atoms with Crippen molar-refractivity contribution in [3.8, 4) is 11.8 Å². The summed E-state index contributed by atoms with van der Waals surface area (Å²) < 4.78 is 8.67. The first kappa shape index (κ1) is 21.8. The molecule has 1 aromatic heterocycles. The minimum absolute atomic E-state index is 0.0255. The fourth-order valence-corrected chi connectivity index (χ4v) is 6.16. The molecular weight excluding hydrogens is 408 g/mol. The summed E-state index contributed by atoms with van der Waals surface area (Å²) in [6, 6.07) is 33.6. The van der Waals surface area contributed by atoms with Crippen molar-refractivity contribution >= 4 is 19.4 Å². The van der Waals surface area contributed by atoms with Crippen molar-refractivity contribution in [3.63, 3.8) is 0 Å². The molecule has 0 unspecified atom stereocenters. The van der Waals surface area contributed by atoms with E-state index in [-0.39, 0.29) is 5.41 Å². The van der Waals surface area contributed by atoms with Gasteiger partial charge in [-0.3, -0.25) is 0 Å². The minimum atomic E-state index is -1.87. The van der Waals surface area contributed by atoms with Crippen LogP contribution in [0.5, 0.6) is 0 Å². The van der Waals surface area contributed by atoms with Gasteiger partial charge in [-0.05, 0) is 39.6 Å². The van der Waals surface area contributed by atoms with Crippen molar-refractivity contribution in [2.45, 2.75) is 32.8 Å². The molecule has 32 heavy (non-hydrogen) atoms. The molecule has 160 valence electrons. The maximum absolute atomic E-state index is 9.56. The number of aromatic nitrogens is 1. The summed E-state index contributed by atoms with van der Waals surface area (Å²) in [5, 5.41) is 12.1. The molecule has 0 saturated carbocycles. The highest BCUT2D eigenvalue weighted by Gasteiger charge is 2.21. The molecule has 0 spiro atoms. The van der Waals surface area contributed by atoms with Gasteiger partial charge in [0.15, 0.2) is 0 Å². The Kier molecular flexibility index (Phi) is 6.41. The van der Waals surface area contributed by atoms with E-state index in [1.807, 2.05) is 35.0 Å². The number of rotatable bonds is 6. The van der Waals surface area contributed by atoms with Gasteiger partial charge in [-0.15, -0.1) is 0 Å². The molecule has 0 atom stereocenters. The fourth-order valence-electron chi connectivity index (χ4n) is 3.90. The highest BCUT2D eigenvalue weighted by Crippen LogP contribution is 2.27. The molecule has 0 saturated heterocycles. The average molecular weight is 437 g/mol. The molecule has 0 aliphatic heterocycles. The van der Waals surface area contributed by atoms with Gasteiger partial charge in [0, 0.05) is 11.8 Å². The summed E-state index contributed by atoms with van der Waals surface area (Å²) >= 11 is 0. The van der Waals surface area contributed by atoms with E-state index in [2.05, 4.69) is 93.6 Å². The van der Waals surface area contributed by atoms with Crippen LogP contribution in [-0.4, -0.2) is 13.6 Å². The van der Waals surface area contributed by atoms with Crippen LogP contribution in [-0.2, 0) is 16.4 Å². The molecule has 0 N–H and O–H groups in total. The first-order chi connectivity index (χ1) is 15.5. The average Bonchev–Trinajstić information content (AvgIpc) is 3.29. The van der Waals surface area contributed by atoms with Crippen LogP contribution in [0.1, 0.15) is 37.6 Å². The third-order valence-corrected chi connectivity index (χ3v) is 8.16. The smallest absolute Gasteiger partial charge is 0.240 e. The van der Waals surface area contributed by atoms with Crippen molar-refractivity contribution in [2.24, 2.45) is 0 Å². The minimum Gasteiger partial charge on any atom is -0.407 e. The van der Waals surface area contributed by atoms with Crippen LogP contribution < -0.4 is 10.4 Å². The lowest BCUT2D eigenvalue weighted by Crippen LogP contribution is -2.44. The molecule has 3 aromatic carbocycles. The van der Waals surface area contributed by atoms with Crippen LogP contribution in [0.3, 0.4) is 0 Å². The Morgan fingerprint density at radius 3 is 2.03 bits per heavy atom. The van der Waals surface area contributed by atoms with Gasteiger partial charge in [0.05, 0.1) is 12.3 Å². The lowest BCUT2D eigenvalue weighted by Gasteiger charge is -2.23. The van der Waals surface area contributed by atoms with E-state index in [1.165, 1.54) is 15.9 Å². The highest BCUT2D eigenvalue weighted by molar-refractivity contribution is 6.80. The lowest BCUT2D eigenvalue weighted by atomic mass is 9.86. The lowest BCUT2D eigenvalue weighted by molar-refractivity contribution is 0.321. The highest BCUT2D eigenvalue weighted by atomic mass is 28.3. The summed E-state index contributed by atoms with van der Waals surface area (Å²) in [4.78, 5) is 0. The molecule has 0 aliphatic carbocycles. The Hall–Kier alpha value is -3.39.